The van der Waals surface area contributed by atoms with Gasteiger partial charge in [0, 0.05) is 19.1 Å². The number of aliphatic hydroxyl groups is 1. The number of hydrogen-bond donors (Lipinski definition) is 2. The molecule has 2 unspecified atom stereocenters. The summed E-state index contributed by atoms with van der Waals surface area (Å²) in [5.41, 5.74) is 2.22. The smallest absolute Gasteiger partial charge is 0.0715 e. The van der Waals surface area contributed by atoms with E-state index in [1.165, 1.54) is 0 Å². The maximum absolute atomic E-state index is 9.72. The van der Waals surface area contributed by atoms with Crippen LogP contribution < -0.4 is 10.2 Å². The number of anilines is 1. The number of rotatable bonds is 5. The Labute approximate surface area is 115 Å². The molecule has 2 atom stereocenters. The molecule has 19 heavy (non-hydrogen) atoms. The van der Waals surface area contributed by atoms with Crippen molar-refractivity contribution in [3.63, 3.8) is 0 Å². The van der Waals surface area contributed by atoms with Crippen LogP contribution in [0.1, 0.15) is 44.8 Å². The first-order valence-electron chi connectivity index (χ1n) is 7.37. The monoisotopic (exact) mass is 263 g/mol. The molecule has 2 heterocycles. The summed E-state index contributed by atoms with van der Waals surface area (Å²) in [7, 11) is 0. The van der Waals surface area contributed by atoms with Crippen LogP contribution in [-0.4, -0.2) is 35.8 Å². The van der Waals surface area contributed by atoms with E-state index in [2.05, 4.69) is 41.2 Å². The van der Waals surface area contributed by atoms with Gasteiger partial charge in [-0.25, -0.2) is 0 Å². The quantitative estimate of drug-likeness (QED) is 0.854. The molecule has 1 aliphatic heterocycles. The fraction of sp³-hybridized carbons (Fsp3) is 0.667. The molecule has 4 nitrogen and oxygen atoms in total. The van der Waals surface area contributed by atoms with E-state index in [-0.39, 0.29) is 6.10 Å². The van der Waals surface area contributed by atoms with Gasteiger partial charge < -0.3 is 15.3 Å². The second-order valence-electron chi connectivity index (χ2n) is 5.20. The van der Waals surface area contributed by atoms with Crippen molar-refractivity contribution < 1.29 is 5.11 Å². The second kappa shape index (κ2) is 6.87. The van der Waals surface area contributed by atoms with Crippen molar-refractivity contribution in [3.8, 4) is 0 Å². The van der Waals surface area contributed by atoms with Crippen LogP contribution in [-0.2, 0) is 0 Å². The number of hydrogen-bond acceptors (Lipinski definition) is 4. The number of nitrogens with zero attached hydrogens (tertiary/aromatic N) is 2. The number of aromatic nitrogens is 1. The fourth-order valence-corrected chi connectivity index (χ4v) is 2.68. The maximum atomic E-state index is 9.72. The third-order valence-corrected chi connectivity index (χ3v) is 3.75. The molecule has 1 saturated heterocycles. The molecule has 1 fully saturated rings. The van der Waals surface area contributed by atoms with Gasteiger partial charge in [-0.15, -0.1) is 0 Å². The predicted molar refractivity (Wildman–Crippen MR) is 78.4 cm³/mol. The number of nitrogens with one attached hydrogen (secondary N) is 1. The number of aliphatic hydroxyl groups excluding tert-OH is 1. The van der Waals surface area contributed by atoms with E-state index < -0.39 is 0 Å². The van der Waals surface area contributed by atoms with E-state index in [9.17, 15) is 5.11 Å². The largest absolute Gasteiger partial charge is 0.391 e. The van der Waals surface area contributed by atoms with Crippen LogP contribution >= 0.6 is 0 Å². The minimum Gasteiger partial charge on any atom is -0.391 e. The first kappa shape index (κ1) is 14.3. The number of piperidine rings is 1. The van der Waals surface area contributed by atoms with Crippen molar-refractivity contribution in [1.29, 1.82) is 0 Å². The van der Waals surface area contributed by atoms with E-state index in [4.69, 9.17) is 0 Å². The molecule has 4 heteroatoms. The van der Waals surface area contributed by atoms with Crippen molar-refractivity contribution in [2.24, 2.45) is 0 Å². The molecule has 0 aromatic carbocycles. The van der Waals surface area contributed by atoms with Crippen LogP contribution in [0.2, 0.25) is 0 Å². The lowest BCUT2D eigenvalue weighted by molar-refractivity contribution is 0.154. The average Bonchev–Trinajstić information content (AvgIpc) is 2.45. The summed E-state index contributed by atoms with van der Waals surface area (Å²) >= 11 is 0. The van der Waals surface area contributed by atoms with Gasteiger partial charge in [-0.2, -0.15) is 0 Å². The zero-order valence-corrected chi connectivity index (χ0v) is 12.0. The molecule has 2 N–H and O–H groups in total. The van der Waals surface area contributed by atoms with Gasteiger partial charge in [0.25, 0.3) is 0 Å². The molecule has 0 aliphatic carbocycles. The fourth-order valence-electron chi connectivity index (χ4n) is 2.68. The maximum Gasteiger partial charge on any atom is 0.0715 e. The van der Waals surface area contributed by atoms with Crippen LogP contribution in [0.3, 0.4) is 0 Å². The topological polar surface area (TPSA) is 48.4 Å². The SMILES string of the molecule is CCNC(CC)c1ccc(N2CCCC(O)C2)cn1. The van der Waals surface area contributed by atoms with E-state index in [0.29, 0.717) is 6.04 Å². The molecule has 106 valence electrons. The van der Waals surface area contributed by atoms with Gasteiger partial charge in [-0.05, 0) is 37.9 Å². The van der Waals surface area contributed by atoms with Gasteiger partial charge in [0.15, 0.2) is 0 Å². The Bertz CT molecular complexity index is 379. The number of pyridine rings is 1. The summed E-state index contributed by atoms with van der Waals surface area (Å²) in [6.45, 7) is 6.99. The first-order chi connectivity index (χ1) is 9.24. The van der Waals surface area contributed by atoms with Crippen LogP contribution in [0, 0.1) is 0 Å². The van der Waals surface area contributed by atoms with Gasteiger partial charge in [-0.3, -0.25) is 4.98 Å². The minimum atomic E-state index is -0.196. The summed E-state index contributed by atoms with van der Waals surface area (Å²) in [5, 5.41) is 13.2. The Kier molecular flexibility index (Phi) is 5.16. The van der Waals surface area contributed by atoms with Gasteiger partial charge in [0.05, 0.1) is 23.7 Å². The van der Waals surface area contributed by atoms with Crippen LogP contribution in [0.15, 0.2) is 18.3 Å². The van der Waals surface area contributed by atoms with Crippen LogP contribution in [0.5, 0.6) is 0 Å². The van der Waals surface area contributed by atoms with Crippen molar-refractivity contribution in [3.05, 3.63) is 24.0 Å². The summed E-state index contributed by atoms with van der Waals surface area (Å²) in [6.07, 6.45) is 4.76. The lowest BCUT2D eigenvalue weighted by Gasteiger charge is -2.31. The first-order valence-corrected chi connectivity index (χ1v) is 7.37. The highest BCUT2D eigenvalue weighted by Crippen LogP contribution is 2.21. The Hall–Kier alpha value is -1.13. The van der Waals surface area contributed by atoms with E-state index in [1.54, 1.807) is 0 Å². The van der Waals surface area contributed by atoms with Crippen molar-refractivity contribution in [1.82, 2.24) is 10.3 Å². The molecule has 0 amide bonds. The van der Waals surface area contributed by atoms with Gasteiger partial charge in [0.1, 0.15) is 0 Å². The molecule has 1 aliphatic rings. The molecule has 1 aromatic heterocycles. The van der Waals surface area contributed by atoms with Crippen LogP contribution in [0.4, 0.5) is 5.69 Å². The lowest BCUT2D eigenvalue weighted by Crippen LogP contribution is -2.38. The predicted octanol–water partition coefficient (Wildman–Crippen LogP) is 2.10. The van der Waals surface area contributed by atoms with E-state index >= 15 is 0 Å². The standard InChI is InChI=1S/C15H25N3O/c1-3-14(16-4-2)15-8-7-12(10-17-15)18-9-5-6-13(19)11-18/h7-8,10,13-14,16,19H,3-6,9,11H2,1-2H3. The van der Waals surface area contributed by atoms with Crippen molar-refractivity contribution in [2.75, 3.05) is 24.5 Å². The highest BCUT2D eigenvalue weighted by molar-refractivity contribution is 5.45. The van der Waals surface area contributed by atoms with Crippen LogP contribution in [0.25, 0.3) is 0 Å². The summed E-state index contributed by atoms with van der Waals surface area (Å²) in [5.74, 6) is 0. The highest BCUT2D eigenvalue weighted by atomic mass is 16.3. The minimum absolute atomic E-state index is 0.196. The van der Waals surface area contributed by atoms with Gasteiger partial charge in [-0.1, -0.05) is 13.8 Å². The van der Waals surface area contributed by atoms with Gasteiger partial charge >= 0.3 is 0 Å². The Morgan fingerprint density at radius 2 is 2.32 bits per heavy atom. The summed E-state index contributed by atoms with van der Waals surface area (Å²) in [4.78, 5) is 6.80. The molecular formula is C15H25N3O. The third-order valence-electron chi connectivity index (χ3n) is 3.75. The normalized spacial score (nSPS) is 21.4. The number of β-amino-alcohol motifs (C(OH)–C–C–N with tert-alkyl or cyclic N) is 1. The Morgan fingerprint density at radius 1 is 1.47 bits per heavy atom. The molecule has 0 radical (unpaired) electrons. The van der Waals surface area contributed by atoms with E-state index in [0.717, 1.165) is 50.3 Å². The Morgan fingerprint density at radius 3 is 2.89 bits per heavy atom. The summed E-state index contributed by atoms with van der Waals surface area (Å²) < 4.78 is 0. The molecule has 1 aromatic rings. The van der Waals surface area contributed by atoms with Crippen molar-refractivity contribution >= 4 is 5.69 Å². The average molecular weight is 263 g/mol. The lowest BCUT2D eigenvalue weighted by atomic mass is 10.1. The zero-order valence-electron chi connectivity index (χ0n) is 12.0. The summed E-state index contributed by atoms with van der Waals surface area (Å²) in [6, 6.07) is 4.57. The Balaban J connectivity index is 2.04. The van der Waals surface area contributed by atoms with Gasteiger partial charge in [0.2, 0.25) is 0 Å². The second-order valence-corrected chi connectivity index (χ2v) is 5.20. The van der Waals surface area contributed by atoms with E-state index in [1.807, 2.05) is 6.20 Å². The highest BCUT2D eigenvalue weighted by Gasteiger charge is 2.18. The van der Waals surface area contributed by atoms with Crippen molar-refractivity contribution in [2.45, 2.75) is 45.3 Å². The molecule has 0 bridgehead atoms. The molecule has 2 rings (SSSR count). The molecule has 0 spiro atoms. The molecular weight excluding hydrogens is 238 g/mol. The molecule has 0 saturated carbocycles. The zero-order chi connectivity index (χ0) is 13.7. The third kappa shape index (κ3) is 3.67.